The quantitative estimate of drug-likeness (QED) is 0.751. The number of benzene rings is 2. The highest BCUT2D eigenvalue weighted by atomic mass is 79.9. The van der Waals surface area contributed by atoms with Crippen molar-refractivity contribution in [3.63, 3.8) is 0 Å². The summed E-state index contributed by atoms with van der Waals surface area (Å²) in [5.74, 6) is 0.232. The van der Waals surface area contributed by atoms with E-state index in [0.29, 0.717) is 17.7 Å². The van der Waals surface area contributed by atoms with Gasteiger partial charge in [-0.3, -0.25) is 4.90 Å². The summed E-state index contributed by atoms with van der Waals surface area (Å²) in [4.78, 5) is 26.3. The first-order valence-corrected chi connectivity index (χ1v) is 8.98. The Morgan fingerprint density at radius 3 is 2.88 bits per heavy atom. The first-order chi connectivity index (χ1) is 12.4. The molecule has 2 bridgehead atoms. The molecule has 0 aromatic heterocycles. The van der Waals surface area contributed by atoms with Crippen LogP contribution >= 0.6 is 15.9 Å². The van der Waals surface area contributed by atoms with Crippen LogP contribution in [0.4, 0.5) is 10.5 Å². The third kappa shape index (κ3) is 2.63. The average Bonchev–Trinajstić information content (AvgIpc) is 2.60. The lowest BCUT2D eigenvalue weighted by molar-refractivity contribution is 0.0377. The van der Waals surface area contributed by atoms with Crippen molar-refractivity contribution in [3.05, 3.63) is 58.1 Å². The number of hydrogen-bond acceptors (Lipinski definition) is 4. The Hall–Kier alpha value is -2.54. The second kappa shape index (κ2) is 6.02. The van der Waals surface area contributed by atoms with Crippen molar-refractivity contribution in [2.45, 2.75) is 25.1 Å². The zero-order valence-corrected chi connectivity index (χ0v) is 15.9. The molecule has 1 N–H and O–H groups in total. The van der Waals surface area contributed by atoms with Gasteiger partial charge in [0.1, 0.15) is 5.75 Å². The maximum absolute atomic E-state index is 12.8. The van der Waals surface area contributed by atoms with Crippen molar-refractivity contribution in [3.8, 4) is 5.75 Å². The monoisotopic (exact) mass is 416 g/mol. The Morgan fingerprint density at radius 1 is 1.35 bits per heavy atom. The van der Waals surface area contributed by atoms with Crippen LogP contribution in [0.15, 0.2) is 46.9 Å². The summed E-state index contributed by atoms with van der Waals surface area (Å²) in [7, 11) is 1.34. The molecule has 1 saturated heterocycles. The summed E-state index contributed by atoms with van der Waals surface area (Å²) >= 11 is 3.45. The van der Waals surface area contributed by atoms with Crippen LogP contribution in [-0.2, 0) is 4.74 Å². The molecule has 2 heterocycles. The highest BCUT2D eigenvalue weighted by Crippen LogP contribution is 2.46. The number of esters is 1. The smallest absolute Gasteiger partial charge is 0.337 e. The van der Waals surface area contributed by atoms with Gasteiger partial charge in [0.15, 0.2) is 5.72 Å². The number of fused-ring (bicyclic) bond motifs is 4. The molecule has 0 aliphatic carbocycles. The number of urea groups is 1. The van der Waals surface area contributed by atoms with E-state index in [1.54, 1.807) is 23.1 Å². The van der Waals surface area contributed by atoms with E-state index in [9.17, 15) is 9.59 Å². The molecular formula is C19H17BrN2O4. The first-order valence-electron chi connectivity index (χ1n) is 8.19. The number of carbonyl (C=O) groups excluding carboxylic acids is 2. The number of halogens is 1. The van der Waals surface area contributed by atoms with Crippen LogP contribution in [0.5, 0.6) is 5.75 Å². The highest BCUT2D eigenvalue weighted by molar-refractivity contribution is 9.10. The molecule has 0 spiro atoms. The molecule has 2 amide bonds. The highest BCUT2D eigenvalue weighted by Gasteiger charge is 2.50. The van der Waals surface area contributed by atoms with Gasteiger partial charge >= 0.3 is 12.0 Å². The molecule has 134 valence electrons. The molecule has 0 radical (unpaired) electrons. The van der Waals surface area contributed by atoms with Crippen LogP contribution in [0.2, 0.25) is 0 Å². The molecule has 6 nitrogen and oxygen atoms in total. The second-order valence-electron chi connectivity index (χ2n) is 6.54. The van der Waals surface area contributed by atoms with Gasteiger partial charge in [-0.2, -0.15) is 0 Å². The van der Waals surface area contributed by atoms with E-state index in [4.69, 9.17) is 9.47 Å². The summed E-state index contributed by atoms with van der Waals surface area (Å²) < 4.78 is 11.9. The first kappa shape index (κ1) is 16.9. The minimum absolute atomic E-state index is 0.232. The molecule has 2 aliphatic rings. The fraction of sp³-hybridized carbons (Fsp3) is 0.263. The van der Waals surface area contributed by atoms with Gasteiger partial charge in [0.05, 0.1) is 24.4 Å². The van der Waals surface area contributed by atoms with Crippen LogP contribution in [0.1, 0.15) is 35.3 Å². The van der Waals surface area contributed by atoms with Gasteiger partial charge in [-0.05, 0) is 43.3 Å². The number of anilines is 1. The van der Waals surface area contributed by atoms with Gasteiger partial charge < -0.3 is 14.8 Å². The lowest BCUT2D eigenvalue weighted by atomic mass is 9.89. The van der Waals surface area contributed by atoms with Gasteiger partial charge in [-0.25, -0.2) is 9.59 Å². The van der Waals surface area contributed by atoms with Gasteiger partial charge in [0.25, 0.3) is 0 Å². The molecule has 4 rings (SSSR count). The van der Waals surface area contributed by atoms with Crippen molar-refractivity contribution in [2.75, 3.05) is 12.0 Å². The fourth-order valence-electron chi connectivity index (χ4n) is 3.63. The SMILES string of the molecule is COC(=O)c1ccc2c(c1)[C@H]1C[C@](C)(O2)N(c2cccc(Br)c2)C(=O)N1. The van der Waals surface area contributed by atoms with Crippen molar-refractivity contribution in [1.82, 2.24) is 5.32 Å². The van der Waals surface area contributed by atoms with Crippen molar-refractivity contribution in [1.29, 1.82) is 0 Å². The molecule has 7 heteroatoms. The number of methoxy groups -OCH3 is 1. The van der Waals surface area contributed by atoms with E-state index in [1.165, 1.54) is 7.11 Å². The topological polar surface area (TPSA) is 67.9 Å². The van der Waals surface area contributed by atoms with E-state index in [2.05, 4.69) is 21.2 Å². The van der Waals surface area contributed by atoms with E-state index < -0.39 is 11.7 Å². The Morgan fingerprint density at radius 2 is 2.15 bits per heavy atom. The van der Waals surface area contributed by atoms with Crippen LogP contribution in [0.3, 0.4) is 0 Å². The van der Waals surface area contributed by atoms with Gasteiger partial charge in [-0.15, -0.1) is 0 Å². The molecule has 1 fully saturated rings. The maximum atomic E-state index is 12.8. The number of hydrogen-bond donors (Lipinski definition) is 1. The largest absolute Gasteiger partial charge is 0.467 e. The maximum Gasteiger partial charge on any atom is 0.337 e. The molecular weight excluding hydrogens is 400 g/mol. The average molecular weight is 417 g/mol. The number of nitrogens with one attached hydrogen (secondary N) is 1. The van der Waals surface area contributed by atoms with E-state index in [-0.39, 0.29) is 12.1 Å². The lowest BCUT2D eigenvalue weighted by Gasteiger charge is -2.50. The number of carbonyl (C=O) groups is 2. The van der Waals surface area contributed by atoms with Gasteiger partial charge in [0, 0.05) is 16.5 Å². The number of amides is 2. The molecule has 2 aromatic carbocycles. The normalized spacial score (nSPS) is 23.6. The predicted molar refractivity (Wildman–Crippen MR) is 99.3 cm³/mol. The fourth-order valence-corrected chi connectivity index (χ4v) is 4.01. The molecule has 2 aromatic rings. The van der Waals surface area contributed by atoms with Crippen molar-refractivity contribution in [2.24, 2.45) is 0 Å². The van der Waals surface area contributed by atoms with E-state index >= 15 is 0 Å². The Kier molecular flexibility index (Phi) is 3.91. The summed E-state index contributed by atoms with van der Waals surface area (Å²) in [5, 5.41) is 3.02. The van der Waals surface area contributed by atoms with Crippen LogP contribution in [-0.4, -0.2) is 24.8 Å². The van der Waals surface area contributed by atoms with Crippen LogP contribution in [0.25, 0.3) is 0 Å². The van der Waals surface area contributed by atoms with Crippen molar-refractivity contribution < 1.29 is 19.1 Å². The second-order valence-corrected chi connectivity index (χ2v) is 7.46. The number of rotatable bonds is 2. The third-order valence-corrected chi connectivity index (χ3v) is 5.25. The predicted octanol–water partition coefficient (Wildman–Crippen LogP) is 4.01. The summed E-state index contributed by atoms with van der Waals surface area (Å²) in [5.41, 5.74) is 1.13. The van der Waals surface area contributed by atoms with Crippen molar-refractivity contribution >= 4 is 33.6 Å². The standard InChI is InChI=1S/C19H17BrN2O4/c1-19-10-15(14-8-11(17(23)25-2)6-7-16(14)26-19)21-18(24)22(19)13-5-3-4-12(20)9-13/h3-9,15H,10H2,1-2H3,(H,21,24)/t15-,19+/m1/s1. The van der Waals surface area contributed by atoms with Crippen LogP contribution in [0, 0.1) is 0 Å². The van der Waals surface area contributed by atoms with E-state index in [1.807, 2.05) is 31.2 Å². The van der Waals surface area contributed by atoms with E-state index in [0.717, 1.165) is 15.7 Å². The molecule has 0 saturated carbocycles. The molecule has 0 unspecified atom stereocenters. The van der Waals surface area contributed by atoms with Crippen LogP contribution < -0.4 is 15.0 Å². The zero-order chi connectivity index (χ0) is 18.5. The Bertz CT molecular complexity index is 916. The Labute approximate surface area is 159 Å². The Balaban J connectivity index is 1.76. The summed E-state index contributed by atoms with van der Waals surface area (Å²) in [6, 6.07) is 12.2. The zero-order valence-electron chi connectivity index (χ0n) is 14.3. The minimum atomic E-state index is -0.826. The lowest BCUT2D eigenvalue weighted by Crippen LogP contribution is -2.65. The molecule has 26 heavy (non-hydrogen) atoms. The van der Waals surface area contributed by atoms with Gasteiger partial charge in [-0.1, -0.05) is 22.0 Å². The molecule has 2 atom stereocenters. The summed E-state index contributed by atoms with van der Waals surface area (Å²) in [6.45, 7) is 1.90. The van der Waals surface area contributed by atoms with Gasteiger partial charge in [0.2, 0.25) is 0 Å². The minimum Gasteiger partial charge on any atom is -0.467 e. The molecule has 2 aliphatic heterocycles. The third-order valence-electron chi connectivity index (χ3n) is 4.76. The number of nitrogens with zero attached hydrogens (tertiary/aromatic N) is 1. The number of ether oxygens (including phenoxy) is 2. The summed E-state index contributed by atoms with van der Waals surface area (Å²) in [6.07, 6.45) is 0.558.